The third-order valence-electron chi connectivity index (χ3n) is 4.76. The minimum Gasteiger partial charge on any atom is -0.488 e. The Hall–Kier alpha value is -3.48. The van der Waals surface area contributed by atoms with Gasteiger partial charge < -0.3 is 10.1 Å². The van der Waals surface area contributed by atoms with Crippen LogP contribution in [0.1, 0.15) is 5.56 Å². The number of rotatable bonds is 6. The number of hydrogen-bond donors (Lipinski definition) is 1. The predicted molar refractivity (Wildman–Crippen MR) is 126 cm³/mol. The molecule has 7 heteroatoms. The van der Waals surface area contributed by atoms with Crippen molar-refractivity contribution in [3.05, 3.63) is 95.6 Å². The lowest BCUT2D eigenvalue weighted by atomic mass is 10.1. The van der Waals surface area contributed by atoms with Crippen molar-refractivity contribution >= 4 is 44.7 Å². The number of hydrogen-bond acceptors (Lipinski definition) is 6. The van der Waals surface area contributed by atoms with Crippen molar-refractivity contribution in [2.45, 2.75) is 6.61 Å². The van der Waals surface area contributed by atoms with Gasteiger partial charge in [0.15, 0.2) is 5.01 Å². The van der Waals surface area contributed by atoms with Gasteiger partial charge in [0.25, 0.3) is 0 Å². The van der Waals surface area contributed by atoms with E-state index in [0.29, 0.717) is 16.8 Å². The van der Waals surface area contributed by atoms with Gasteiger partial charge in [-0.15, -0.1) is 10.2 Å². The third-order valence-corrected chi connectivity index (χ3v) is 5.88. The average molecular weight is 445 g/mol. The van der Waals surface area contributed by atoms with E-state index in [1.54, 1.807) is 0 Å². The number of nitrogens with one attached hydrogen (secondary N) is 1. The molecule has 0 bridgehead atoms. The molecular formula is C24H17ClN4OS. The molecule has 0 unspecified atom stereocenters. The lowest BCUT2D eigenvalue weighted by molar-refractivity contribution is 0.309. The Balaban J connectivity index is 1.37. The summed E-state index contributed by atoms with van der Waals surface area (Å²) in [5, 5.41) is 15.2. The Morgan fingerprint density at radius 3 is 2.58 bits per heavy atom. The van der Waals surface area contributed by atoms with E-state index in [0.717, 1.165) is 38.5 Å². The summed E-state index contributed by atoms with van der Waals surface area (Å²) in [5.41, 5.74) is 3.85. The van der Waals surface area contributed by atoms with E-state index >= 15 is 0 Å². The molecule has 0 aliphatic carbocycles. The molecule has 0 atom stereocenters. The molecular weight excluding hydrogens is 428 g/mol. The van der Waals surface area contributed by atoms with Crippen LogP contribution in [-0.2, 0) is 6.61 Å². The van der Waals surface area contributed by atoms with Crippen molar-refractivity contribution in [1.82, 2.24) is 15.2 Å². The molecule has 5 nitrogen and oxygen atoms in total. The van der Waals surface area contributed by atoms with Crippen molar-refractivity contribution in [3.63, 3.8) is 0 Å². The highest BCUT2D eigenvalue weighted by Gasteiger charge is 2.13. The van der Waals surface area contributed by atoms with Gasteiger partial charge in [-0.2, -0.15) is 0 Å². The zero-order valence-electron chi connectivity index (χ0n) is 16.3. The molecule has 31 heavy (non-hydrogen) atoms. The van der Waals surface area contributed by atoms with Gasteiger partial charge in [-0.3, -0.25) is 4.98 Å². The Morgan fingerprint density at radius 2 is 1.68 bits per heavy atom. The van der Waals surface area contributed by atoms with Gasteiger partial charge in [0, 0.05) is 27.9 Å². The molecule has 1 N–H and O–H groups in total. The lowest BCUT2D eigenvalue weighted by Crippen LogP contribution is -1.98. The molecule has 152 valence electrons. The van der Waals surface area contributed by atoms with Crippen molar-refractivity contribution in [3.8, 4) is 16.3 Å². The van der Waals surface area contributed by atoms with E-state index < -0.39 is 0 Å². The van der Waals surface area contributed by atoms with Crippen molar-refractivity contribution in [2.24, 2.45) is 0 Å². The molecule has 5 aromatic rings. The standard InChI is InChI=1S/C24H17ClN4OS/c25-17-9-11-18(12-10-17)27-24-29-28-23(31-24)20-6-2-4-8-22(20)30-15-16-13-14-26-21-7-3-1-5-19(16)21/h1-14H,15H2,(H,27,29). The average Bonchev–Trinajstić information content (AvgIpc) is 3.27. The second-order valence-corrected chi connectivity index (χ2v) is 8.23. The number of aromatic nitrogens is 3. The molecule has 0 fully saturated rings. The summed E-state index contributed by atoms with van der Waals surface area (Å²) in [6.45, 7) is 0.439. The summed E-state index contributed by atoms with van der Waals surface area (Å²) in [4.78, 5) is 4.42. The first-order valence-electron chi connectivity index (χ1n) is 9.67. The van der Waals surface area contributed by atoms with E-state index in [1.807, 2.05) is 79.0 Å². The molecule has 5 rings (SSSR count). The van der Waals surface area contributed by atoms with Gasteiger partial charge in [0.05, 0.1) is 11.1 Å². The van der Waals surface area contributed by atoms with Gasteiger partial charge in [-0.25, -0.2) is 0 Å². The number of anilines is 2. The van der Waals surface area contributed by atoms with Gasteiger partial charge in [-0.1, -0.05) is 53.3 Å². The van der Waals surface area contributed by atoms with Crippen LogP contribution in [0.15, 0.2) is 85.1 Å². The molecule has 0 radical (unpaired) electrons. The maximum absolute atomic E-state index is 6.20. The van der Waals surface area contributed by atoms with Crippen molar-refractivity contribution < 1.29 is 4.74 Å². The Morgan fingerprint density at radius 1 is 0.871 bits per heavy atom. The summed E-state index contributed by atoms with van der Waals surface area (Å²) in [6, 6.07) is 25.4. The topological polar surface area (TPSA) is 59.9 Å². The number of pyridine rings is 1. The summed E-state index contributed by atoms with van der Waals surface area (Å²) >= 11 is 7.42. The number of para-hydroxylation sites is 2. The number of fused-ring (bicyclic) bond motifs is 1. The van der Waals surface area contributed by atoms with E-state index in [-0.39, 0.29) is 0 Å². The van der Waals surface area contributed by atoms with E-state index in [2.05, 4.69) is 26.6 Å². The lowest BCUT2D eigenvalue weighted by Gasteiger charge is -2.11. The Kier molecular flexibility index (Phi) is 5.48. The van der Waals surface area contributed by atoms with Crippen molar-refractivity contribution in [2.75, 3.05) is 5.32 Å². The molecule has 0 aliphatic rings. The van der Waals surface area contributed by atoms with Crippen LogP contribution in [0.2, 0.25) is 5.02 Å². The third kappa shape index (κ3) is 4.35. The zero-order valence-corrected chi connectivity index (χ0v) is 17.9. The monoisotopic (exact) mass is 444 g/mol. The fourth-order valence-corrected chi connectivity index (χ4v) is 4.16. The second kappa shape index (κ2) is 8.71. The van der Waals surface area contributed by atoms with Crippen LogP contribution in [0, 0.1) is 0 Å². The van der Waals surface area contributed by atoms with E-state index in [9.17, 15) is 0 Å². The Bertz CT molecular complexity index is 1330. The fraction of sp³-hybridized carbons (Fsp3) is 0.0417. The number of ether oxygens (including phenoxy) is 1. The van der Waals surface area contributed by atoms with Gasteiger partial charge in [0.1, 0.15) is 12.4 Å². The maximum Gasteiger partial charge on any atom is 0.210 e. The first-order chi connectivity index (χ1) is 15.3. The number of benzene rings is 3. The van der Waals surface area contributed by atoms with Gasteiger partial charge in [-0.05, 0) is 48.5 Å². The minimum atomic E-state index is 0.439. The molecule has 3 aromatic carbocycles. The normalized spacial score (nSPS) is 10.9. The molecule has 0 spiro atoms. The zero-order chi connectivity index (χ0) is 21.0. The summed E-state index contributed by atoms with van der Waals surface area (Å²) < 4.78 is 6.20. The number of halogens is 1. The van der Waals surface area contributed by atoms with E-state index in [1.165, 1.54) is 11.3 Å². The molecule has 2 heterocycles. The smallest absolute Gasteiger partial charge is 0.210 e. The highest BCUT2D eigenvalue weighted by atomic mass is 35.5. The largest absolute Gasteiger partial charge is 0.488 e. The molecule has 0 saturated heterocycles. The van der Waals surface area contributed by atoms with Crippen LogP contribution in [-0.4, -0.2) is 15.2 Å². The first-order valence-corrected chi connectivity index (χ1v) is 10.9. The highest BCUT2D eigenvalue weighted by molar-refractivity contribution is 7.18. The van der Waals surface area contributed by atoms with Gasteiger partial charge >= 0.3 is 0 Å². The quantitative estimate of drug-likeness (QED) is 0.314. The fourth-order valence-electron chi connectivity index (χ4n) is 3.24. The maximum atomic E-state index is 6.20. The summed E-state index contributed by atoms with van der Waals surface area (Å²) in [5.74, 6) is 0.762. The second-order valence-electron chi connectivity index (χ2n) is 6.82. The summed E-state index contributed by atoms with van der Waals surface area (Å²) in [7, 11) is 0. The molecule has 0 saturated carbocycles. The predicted octanol–water partition coefficient (Wildman–Crippen LogP) is 6.73. The van der Waals surface area contributed by atoms with Crippen LogP contribution in [0.5, 0.6) is 5.75 Å². The Labute approximate surface area is 188 Å². The van der Waals surface area contributed by atoms with Crippen LogP contribution >= 0.6 is 22.9 Å². The van der Waals surface area contributed by atoms with E-state index in [4.69, 9.17) is 16.3 Å². The van der Waals surface area contributed by atoms with Crippen LogP contribution in [0.25, 0.3) is 21.5 Å². The van der Waals surface area contributed by atoms with Crippen LogP contribution in [0.3, 0.4) is 0 Å². The first kappa shape index (κ1) is 19.5. The highest BCUT2D eigenvalue weighted by Crippen LogP contribution is 2.35. The van der Waals surface area contributed by atoms with Crippen LogP contribution < -0.4 is 10.1 Å². The van der Waals surface area contributed by atoms with Crippen molar-refractivity contribution in [1.29, 1.82) is 0 Å². The minimum absolute atomic E-state index is 0.439. The molecule has 0 amide bonds. The van der Waals surface area contributed by atoms with Gasteiger partial charge in [0.2, 0.25) is 5.13 Å². The molecule has 2 aromatic heterocycles. The van der Waals surface area contributed by atoms with Crippen LogP contribution in [0.4, 0.5) is 10.8 Å². The number of nitrogens with zero attached hydrogens (tertiary/aromatic N) is 3. The SMILES string of the molecule is Clc1ccc(Nc2nnc(-c3ccccc3OCc3ccnc4ccccc34)s2)cc1. The summed E-state index contributed by atoms with van der Waals surface area (Å²) in [6.07, 6.45) is 1.81. The molecule has 0 aliphatic heterocycles.